The van der Waals surface area contributed by atoms with Crippen LogP contribution in [0.2, 0.25) is 0 Å². The Hall–Kier alpha value is -1.75. The highest BCUT2D eigenvalue weighted by Gasteiger charge is 2.11. The van der Waals surface area contributed by atoms with Crippen molar-refractivity contribution in [2.24, 2.45) is 0 Å². The summed E-state index contributed by atoms with van der Waals surface area (Å²) in [6.45, 7) is 6.41. The Morgan fingerprint density at radius 1 is 1.04 bits per heavy atom. The second-order valence-corrected chi connectivity index (χ2v) is 5.35. The van der Waals surface area contributed by atoms with Gasteiger partial charge in [-0.05, 0) is 25.5 Å². The summed E-state index contributed by atoms with van der Waals surface area (Å²) < 4.78 is 11.7. The van der Waals surface area contributed by atoms with Crippen LogP contribution in [0.15, 0.2) is 42.5 Å². The predicted octanol–water partition coefficient (Wildman–Crippen LogP) is 0.0586. The van der Waals surface area contributed by atoms with Gasteiger partial charge in [-0.1, -0.05) is 42.0 Å². The van der Waals surface area contributed by atoms with Gasteiger partial charge in [0.2, 0.25) is 0 Å². The molecule has 0 aliphatic carbocycles. The molecule has 0 bridgehead atoms. The summed E-state index contributed by atoms with van der Waals surface area (Å²) in [6, 6.07) is 14.2. The summed E-state index contributed by atoms with van der Waals surface area (Å²) in [4.78, 5) is 0. The third-order valence-electron chi connectivity index (χ3n) is 3.47. The highest BCUT2D eigenvalue weighted by atomic mass is 35.5. The fraction of sp³-hybridized carbons (Fsp3) is 0.368. The maximum absolute atomic E-state index is 8.91. The number of rotatable bonds is 9. The lowest BCUT2D eigenvalue weighted by Crippen LogP contribution is -3.00. The Bertz CT molecular complexity index is 602. The Kier molecular flexibility index (Phi) is 9.23. The van der Waals surface area contributed by atoms with Crippen molar-refractivity contribution in [1.82, 2.24) is 5.32 Å². The van der Waals surface area contributed by atoms with Crippen LogP contribution in [0.1, 0.15) is 23.6 Å². The average molecular weight is 351 g/mol. The van der Waals surface area contributed by atoms with Crippen LogP contribution in [-0.4, -0.2) is 24.9 Å². The van der Waals surface area contributed by atoms with E-state index in [1.54, 1.807) is 0 Å². The zero-order chi connectivity index (χ0) is 16.5. The number of halogens is 1. The van der Waals surface area contributed by atoms with Gasteiger partial charge in [0.1, 0.15) is 6.61 Å². The van der Waals surface area contributed by atoms with E-state index in [-0.39, 0.29) is 19.0 Å². The number of benzene rings is 2. The van der Waals surface area contributed by atoms with E-state index in [0.29, 0.717) is 26.3 Å². The number of aryl methyl sites for hydroxylation is 1. The fourth-order valence-electron chi connectivity index (χ4n) is 2.28. The molecule has 0 amide bonds. The number of hydrogen-bond donors (Lipinski definition) is 2. The van der Waals surface area contributed by atoms with Gasteiger partial charge in [0.25, 0.3) is 0 Å². The van der Waals surface area contributed by atoms with E-state index in [4.69, 9.17) is 14.6 Å². The van der Waals surface area contributed by atoms with Crippen LogP contribution in [0.25, 0.3) is 0 Å². The molecule has 0 aliphatic rings. The number of hydrogen-bond acceptors (Lipinski definition) is 4. The molecule has 24 heavy (non-hydrogen) atoms. The third-order valence-corrected chi connectivity index (χ3v) is 3.47. The van der Waals surface area contributed by atoms with E-state index < -0.39 is 0 Å². The first kappa shape index (κ1) is 20.3. The van der Waals surface area contributed by atoms with Crippen molar-refractivity contribution in [2.75, 3.05) is 19.8 Å². The van der Waals surface area contributed by atoms with Gasteiger partial charge in [0, 0.05) is 18.7 Å². The molecular formula is C19H25ClNO3-. The van der Waals surface area contributed by atoms with E-state index in [0.717, 1.165) is 22.6 Å². The van der Waals surface area contributed by atoms with Crippen LogP contribution >= 0.6 is 0 Å². The number of ether oxygens (including phenoxy) is 2. The molecule has 132 valence electrons. The van der Waals surface area contributed by atoms with Gasteiger partial charge in [-0.25, -0.2) is 0 Å². The van der Waals surface area contributed by atoms with Gasteiger partial charge in [0.05, 0.1) is 13.2 Å². The summed E-state index contributed by atoms with van der Waals surface area (Å²) in [6.07, 6.45) is 0. The van der Waals surface area contributed by atoms with Crippen molar-refractivity contribution in [3.8, 4) is 11.5 Å². The standard InChI is InChI=1S/C19H25NO3.ClH/c1-3-22-18-6-4-5-17(13-20-11-12-21)19(18)23-14-16-9-7-15(2)8-10-16;/h4-10,20-21H,3,11-14H2,1-2H3;1H/p-1. The van der Waals surface area contributed by atoms with Crippen LogP contribution < -0.4 is 27.2 Å². The van der Waals surface area contributed by atoms with Gasteiger partial charge in [-0.3, -0.25) is 0 Å². The highest BCUT2D eigenvalue weighted by Crippen LogP contribution is 2.32. The third kappa shape index (κ3) is 6.04. The Labute approximate surface area is 150 Å². The van der Waals surface area contributed by atoms with Crippen LogP contribution in [0.3, 0.4) is 0 Å². The normalized spacial score (nSPS) is 10.1. The molecule has 0 radical (unpaired) electrons. The summed E-state index contributed by atoms with van der Waals surface area (Å²) in [5.74, 6) is 1.52. The van der Waals surface area contributed by atoms with Crippen molar-refractivity contribution >= 4 is 0 Å². The minimum Gasteiger partial charge on any atom is -1.00 e. The average Bonchev–Trinajstić information content (AvgIpc) is 2.56. The lowest BCUT2D eigenvalue weighted by Gasteiger charge is -2.16. The molecule has 0 saturated carbocycles. The van der Waals surface area contributed by atoms with Gasteiger partial charge in [-0.15, -0.1) is 0 Å². The predicted molar refractivity (Wildman–Crippen MR) is 91.9 cm³/mol. The summed E-state index contributed by atoms with van der Waals surface area (Å²) in [7, 11) is 0. The second-order valence-electron chi connectivity index (χ2n) is 5.35. The van der Waals surface area contributed by atoms with Crippen molar-refractivity contribution in [2.45, 2.75) is 27.0 Å². The van der Waals surface area contributed by atoms with Crippen molar-refractivity contribution < 1.29 is 27.0 Å². The molecule has 2 aromatic carbocycles. The monoisotopic (exact) mass is 350 g/mol. The molecule has 0 aromatic heterocycles. The first-order chi connectivity index (χ1) is 11.2. The molecule has 4 nitrogen and oxygen atoms in total. The molecule has 0 fully saturated rings. The van der Waals surface area contributed by atoms with E-state index in [2.05, 4.69) is 36.5 Å². The Morgan fingerprint density at radius 3 is 2.46 bits per heavy atom. The SMILES string of the molecule is CCOc1cccc(CNCCO)c1OCc1ccc(C)cc1.[Cl-]. The lowest BCUT2D eigenvalue weighted by atomic mass is 10.1. The zero-order valence-electron chi connectivity index (χ0n) is 14.2. The van der Waals surface area contributed by atoms with Crippen molar-refractivity contribution in [1.29, 1.82) is 0 Å². The fourth-order valence-corrected chi connectivity index (χ4v) is 2.28. The number of aliphatic hydroxyl groups is 1. The molecule has 0 unspecified atom stereocenters. The minimum absolute atomic E-state index is 0. The van der Waals surface area contributed by atoms with E-state index in [1.165, 1.54) is 5.56 Å². The zero-order valence-corrected chi connectivity index (χ0v) is 15.0. The van der Waals surface area contributed by atoms with Crippen LogP contribution in [0.4, 0.5) is 0 Å². The van der Waals surface area contributed by atoms with Crippen LogP contribution in [0, 0.1) is 6.92 Å². The highest BCUT2D eigenvalue weighted by molar-refractivity contribution is 5.46. The second kappa shape index (κ2) is 10.9. The maximum atomic E-state index is 8.91. The van der Waals surface area contributed by atoms with Gasteiger partial charge >= 0.3 is 0 Å². The number of para-hydroxylation sites is 1. The largest absolute Gasteiger partial charge is 1.00 e. The molecule has 2 N–H and O–H groups in total. The van der Waals surface area contributed by atoms with Gasteiger partial charge in [-0.2, -0.15) is 0 Å². The van der Waals surface area contributed by atoms with Gasteiger partial charge < -0.3 is 32.3 Å². The molecule has 0 spiro atoms. The lowest BCUT2D eigenvalue weighted by molar-refractivity contribution is -0.00000662. The summed E-state index contributed by atoms with van der Waals surface area (Å²) in [5, 5.41) is 12.1. The van der Waals surface area contributed by atoms with Crippen molar-refractivity contribution in [3.05, 3.63) is 59.2 Å². The molecule has 2 aromatic rings. The van der Waals surface area contributed by atoms with E-state index in [9.17, 15) is 0 Å². The van der Waals surface area contributed by atoms with Crippen LogP contribution in [-0.2, 0) is 13.2 Å². The number of aliphatic hydroxyl groups excluding tert-OH is 1. The number of nitrogens with one attached hydrogen (secondary N) is 1. The maximum Gasteiger partial charge on any atom is 0.166 e. The quantitative estimate of drug-likeness (QED) is 0.628. The Balaban J connectivity index is 0.00000288. The molecule has 2 rings (SSSR count). The molecule has 0 atom stereocenters. The smallest absolute Gasteiger partial charge is 0.166 e. The summed E-state index contributed by atoms with van der Waals surface area (Å²) in [5.41, 5.74) is 3.38. The van der Waals surface area contributed by atoms with E-state index in [1.807, 2.05) is 25.1 Å². The summed E-state index contributed by atoms with van der Waals surface area (Å²) >= 11 is 0. The van der Waals surface area contributed by atoms with Crippen LogP contribution in [0.5, 0.6) is 11.5 Å². The first-order valence-corrected chi connectivity index (χ1v) is 7.99. The molecule has 0 aliphatic heterocycles. The minimum atomic E-state index is 0. The van der Waals surface area contributed by atoms with Crippen molar-refractivity contribution in [3.63, 3.8) is 0 Å². The van der Waals surface area contributed by atoms with Gasteiger partial charge in [0.15, 0.2) is 11.5 Å². The molecule has 5 heteroatoms. The topological polar surface area (TPSA) is 50.7 Å². The molecule has 0 heterocycles. The van der Waals surface area contributed by atoms with E-state index >= 15 is 0 Å². The first-order valence-electron chi connectivity index (χ1n) is 7.99. The molecule has 0 saturated heterocycles. The Morgan fingerprint density at radius 2 is 1.79 bits per heavy atom. The molecular weight excluding hydrogens is 326 g/mol.